The van der Waals surface area contributed by atoms with Gasteiger partial charge >= 0.3 is 0 Å². The highest BCUT2D eigenvalue weighted by Crippen LogP contribution is 2.15. The molecule has 1 aromatic carbocycles. The summed E-state index contributed by atoms with van der Waals surface area (Å²) in [5.74, 6) is -0.850. The molecular weight excluding hydrogens is 221 g/mol. The standard InChI is InChI=1S/C12H10FN3O/c13-8-1-2-10(11(14)7-8)12(17)16-9-3-5-15-6-4-9/h1-7H,14H2,(H,15,16,17). The van der Waals surface area contributed by atoms with E-state index < -0.39 is 5.82 Å². The Hall–Kier alpha value is -2.43. The average Bonchev–Trinajstić information content (AvgIpc) is 2.30. The van der Waals surface area contributed by atoms with Gasteiger partial charge in [0.25, 0.3) is 5.91 Å². The number of amides is 1. The number of nitrogens with two attached hydrogens (primary N) is 1. The van der Waals surface area contributed by atoms with Gasteiger partial charge in [-0.25, -0.2) is 4.39 Å². The first kappa shape index (κ1) is 11.1. The monoisotopic (exact) mass is 231 g/mol. The molecule has 1 heterocycles. The van der Waals surface area contributed by atoms with Gasteiger partial charge in [0.05, 0.1) is 5.56 Å². The molecule has 0 aliphatic rings. The van der Waals surface area contributed by atoms with Crippen molar-refractivity contribution in [2.75, 3.05) is 11.1 Å². The van der Waals surface area contributed by atoms with Crippen molar-refractivity contribution in [1.29, 1.82) is 0 Å². The maximum atomic E-state index is 12.8. The third-order valence-electron chi connectivity index (χ3n) is 2.20. The van der Waals surface area contributed by atoms with Gasteiger partial charge in [-0.2, -0.15) is 0 Å². The van der Waals surface area contributed by atoms with Crippen molar-refractivity contribution in [3.8, 4) is 0 Å². The molecule has 0 aliphatic heterocycles. The smallest absolute Gasteiger partial charge is 0.257 e. The van der Waals surface area contributed by atoms with Gasteiger partial charge in [-0.15, -0.1) is 0 Å². The van der Waals surface area contributed by atoms with Gasteiger partial charge < -0.3 is 11.1 Å². The van der Waals surface area contributed by atoms with Gasteiger partial charge in [0.15, 0.2) is 0 Å². The van der Waals surface area contributed by atoms with E-state index in [2.05, 4.69) is 10.3 Å². The zero-order chi connectivity index (χ0) is 12.3. The number of anilines is 2. The Morgan fingerprint density at radius 3 is 2.59 bits per heavy atom. The van der Waals surface area contributed by atoms with Gasteiger partial charge in [-0.3, -0.25) is 9.78 Å². The highest BCUT2D eigenvalue weighted by molar-refractivity contribution is 6.07. The van der Waals surface area contributed by atoms with Crippen molar-refractivity contribution < 1.29 is 9.18 Å². The Morgan fingerprint density at radius 2 is 1.94 bits per heavy atom. The van der Waals surface area contributed by atoms with E-state index in [1.165, 1.54) is 12.1 Å². The molecule has 3 N–H and O–H groups in total. The number of pyridine rings is 1. The lowest BCUT2D eigenvalue weighted by Gasteiger charge is -2.07. The fourth-order valence-corrected chi connectivity index (χ4v) is 1.37. The van der Waals surface area contributed by atoms with Crippen molar-refractivity contribution in [1.82, 2.24) is 4.98 Å². The predicted molar refractivity (Wildman–Crippen MR) is 63.0 cm³/mol. The number of hydrogen-bond acceptors (Lipinski definition) is 3. The summed E-state index contributed by atoms with van der Waals surface area (Å²) < 4.78 is 12.8. The number of carbonyl (C=O) groups is 1. The van der Waals surface area contributed by atoms with Crippen LogP contribution in [0.1, 0.15) is 10.4 Å². The summed E-state index contributed by atoms with van der Waals surface area (Å²) in [7, 11) is 0. The molecule has 5 heteroatoms. The van der Waals surface area contributed by atoms with Gasteiger partial charge in [0, 0.05) is 23.8 Å². The van der Waals surface area contributed by atoms with Crippen LogP contribution in [0.15, 0.2) is 42.7 Å². The van der Waals surface area contributed by atoms with Crippen LogP contribution in [0.25, 0.3) is 0 Å². The number of carbonyl (C=O) groups excluding carboxylic acids is 1. The van der Waals surface area contributed by atoms with Crippen LogP contribution in [-0.2, 0) is 0 Å². The summed E-state index contributed by atoms with van der Waals surface area (Å²) >= 11 is 0. The molecule has 0 saturated carbocycles. The quantitative estimate of drug-likeness (QED) is 0.777. The summed E-state index contributed by atoms with van der Waals surface area (Å²) in [6.45, 7) is 0. The lowest BCUT2D eigenvalue weighted by molar-refractivity contribution is 0.102. The molecule has 86 valence electrons. The number of halogens is 1. The molecule has 0 spiro atoms. The van der Waals surface area contributed by atoms with E-state index in [1.807, 2.05) is 0 Å². The van der Waals surface area contributed by atoms with Gasteiger partial charge in [-0.1, -0.05) is 0 Å². The summed E-state index contributed by atoms with van der Waals surface area (Å²) in [4.78, 5) is 15.6. The van der Waals surface area contributed by atoms with E-state index in [-0.39, 0.29) is 17.2 Å². The first-order valence-electron chi connectivity index (χ1n) is 4.93. The molecule has 4 nitrogen and oxygen atoms in total. The molecule has 0 bridgehead atoms. The van der Waals surface area contributed by atoms with E-state index >= 15 is 0 Å². The topological polar surface area (TPSA) is 68.0 Å². The lowest BCUT2D eigenvalue weighted by Crippen LogP contribution is -2.14. The largest absolute Gasteiger partial charge is 0.398 e. The minimum Gasteiger partial charge on any atom is -0.398 e. The molecule has 0 unspecified atom stereocenters. The summed E-state index contributed by atoms with van der Waals surface area (Å²) in [5, 5.41) is 2.64. The number of nitrogens with one attached hydrogen (secondary N) is 1. The van der Waals surface area contributed by atoms with Crippen molar-refractivity contribution in [2.45, 2.75) is 0 Å². The van der Waals surface area contributed by atoms with Crippen molar-refractivity contribution in [3.05, 3.63) is 54.1 Å². The predicted octanol–water partition coefficient (Wildman–Crippen LogP) is 2.06. The number of aromatic nitrogens is 1. The Labute approximate surface area is 97.3 Å². The summed E-state index contributed by atoms with van der Waals surface area (Å²) in [6.07, 6.45) is 3.12. The third kappa shape index (κ3) is 2.57. The van der Waals surface area contributed by atoms with Gasteiger partial charge in [0.2, 0.25) is 0 Å². The molecule has 1 amide bonds. The van der Waals surface area contributed by atoms with E-state index in [0.29, 0.717) is 5.69 Å². The van der Waals surface area contributed by atoms with Crippen molar-refractivity contribution in [3.63, 3.8) is 0 Å². The minimum absolute atomic E-state index is 0.108. The Morgan fingerprint density at radius 1 is 1.24 bits per heavy atom. The average molecular weight is 231 g/mol. The maximum absolute atomic E-state index is 12.8. The fourth-order valence-electron chi connectivity index (χ4n) is 1.37. The van der Waals surface area contributed by atoms with Crippen LogP contribution in [0.3, 0.4) is 0 Å². The number of nitrogen functional groups attached to an aromatic ring is 1. The highest BCUT2D eigenvalue weighted by atomic mass is 19.1. The number of hydrogen-bond donors (Lipinski definition) is 2. The lowest BCUT2D eigenvalue weighted by atomic mass is 10.1. The van der Waals surface area contributed by atoms with E-state index in [1.54, 1.807) is 24.5 Å². The van der Waals surface area contributed by atoms with Crippen LogP contribution in [-0.4, -0.2) is 10.9 Å². The van der Waals surface area contributed by atoms with E-state index in [9.17, 15) is 9.18 Å². The Kier molecular flexibility index (Phi) is 3.00. The molecule has 2 aromatic rings. The maximum Gasteiger partial charge on any atom is 0.257 e. The second-order valence-electron chi connectivity index (χ2n) is 3.42. The van der Waals surface area contributed by atoms with Crippen molar-refractivity contribution >= 4 is 17.3 Å². The molecule has 0 radical (unpaired) electrons. The molecule has 2 rings (SSSR count). The molecule has 1 aromatic heterocycles. The molecule has 0 aliphatic carbocycles. The fraction of sp³-hybridized carbons (Fsp3) is 0. The van der Waals surface area contributed by atoms with Gasteiger partial charge in [-0.05, 0) is 30.3 Å². The van der Waals surface area contributed by atoms with Crippen molar-refractivity contribution in [2.24, 2.45) is 0 Å². The highest BCUT2D eigenvalue weighted by Gasteiger charge is 2.10. The summed E-state index contributed by atoms with van der Waals surface area (Å²) in [5.41, 5.74) is 6.52. The number of rotatable bonds is 2. The van der Waals surface area contributed by atoms with Crippen LogP contribution >= 0.6 is 0 Å². The minimum atomic E-state index is -0.469. The van der Waals surface area contributed by atoms with E-state index in [4.69, 9.17) is 5.73 Å². The van der Waals surface area contributed by atoms with Crippen LogP contribution < -0.4 is 11.1 Å². The zero-order valence-corrected chi connectivity index (χ0v) is 8.85. The van der Waals surface area contributed by atoms with Crippen LogP contribution in [0.4, 0.5) is 15.8 Å². The number of nitrogens with zero attached hydrogens (tertiary/aromatic N) is 1. The Balaban J connectivity index is 2.21. The van der Waals surface area contributed by atoms with Gasteiger partial charge in [0.1, 0.15) is 5.82 Å². The van der Waals surface area contributed by atoms with E-state index in [0.717, 1.165) is 6.07 Å². The van der Waals surface area contributed by atoms with Crippen LogP contribution in [0.5, 0.6) is 0 Å². The molecule has 0 fully saturated rings. The number of benzene rings is 1. The normalized spacial score (nSPS) is 9.94. The van der Waals surface area contributed by atoms with Crippen LogP contribution in [0, 0.1) is 5.82 Å². The SMILES string of the molecule is Nc1cc(F)ccc1C(=O)Nc1ccncc1. The molecular formula is C12H10FN3O. The molecule has 17 heavy (non-hydrogen) atoms. The van der Waals surface area contributed by atoms with Crippen LogP contribution in [0.2, 0.25) is 0 Å². The first-order valence-corrected chi connectivity index (χ1v) is 4.93. The third-order valence-corrected chi connectivity index (χ3v) is 2.20. The zero-order valence-electron chi connectivity index (χ0n) is 8.85. The molecule has 0 saturated heterocycles. The second kappa shape index (κ2) is 4.61. The Bertz CT molecular complexity index is 543. The molecule has 0 atom stereocenters. The summed E-state index contributed by atoms with van der Waals surface area (Å²) in [6, 6.07) is 6.95. The second-order valence-corrected chi connectivity index (χ2v) is 3.42. The first-order chi connectivity index (χ1) is 8.16.